The van der Waals surface area contributed by atoms with Gasteiger partial charge >= 0.3 is 6.09 Å². The number of sulfonamides is 1. The zero-order valence-electron chi connectivity index (χ0n) is 32.0. The van der Waals surface area contributed by atoms with E-state index in [4.69, 9.17) is 9.47 Å². The van der Waals surface area contributed by atoms with Crippen LogP contribution in [0.3, 0.4) is 0 Å². The number of hydrogen-bond acceptors (Lipinski definition) is 10. The van der Waals surface area contributed by atoms with E-state index >= 15 is 0 Å². The molecule has 16 heteroatoms. The first-order chi connectivity index (χ1) is 25.3. The van der Waals surface area contributed by atoms with Gasteiger partial charge in [0, 0.05) is 17.9 Å². The van der Waals surface area contributed by atoms with Crippen molar-refractivity contribution in [2.24, 2.45) is 17.8 Å². The summed E-state index contributed by atoms with van der Waals surface area (Å²) in [4.78, 5) is 58.9. The third-order valence-corrected chi connectivity index (χ3v) is 13.7. The van der Waals surface area contributed by atoms with E-state index in [0.717, 1.165) is 6.42 Å². The van der Waals surface area contributed by atoms with Gasteiger partial charge in [0.1, 0.15) is 23.7 Å². The quantitative estimate of drug-likeness (QED) is 0.344. The molecule has 0 bridgehead atoms. The van der Waals surface area contributed by atoms with E-state index in [-0.39, 0.29) is 31.2 Å². The fourth-order valence-electron chi connectivity index (χ4n) is 8.02. The Labute approximate surface area is 316 Å². The molecule has 6 rings (SSSR count). The average molecular weight is 769 g/mol. The molecule has 2 aliphatic carbocycles. The van der Waals surface area contributed by atoms with Gasteiger partial charge in [-0.1, -0.05) is 38.1 Å². The lowest BCUT2D eigenvalue weighted by Crippen LogP contribution is -2.62. The SMILES string of the molecule is COc1nnc(O[C@@H]2C[C@H]3C(=O)N[C@]4(C(=O)NS(=O)(=O)C5(C)CC5)C[C@H]4C=CCC[C@@H](C)C[C@@H](C)[C@H](N(C(=O)O)C(C)(C)C)C(=O)N3C2)c2ccccc12. The number of allylic oxidation sites excluding steroid dienone is 1. The molecule has 54 heavy (non-hydrogen) atoms. The molecule has 0 spiro atoms. The smallest absolute Gasteiger partial charge is 0.408 e. The monoisotopic (exact) mass is 768 g/mol. The summed E-state index contributed by atoms with van der Waals surface area (Å²) in [6, 6.07) is 4.87. The number of nitrogens with one attached hydrogen (secondary N) is 2. The Balaban J connectivity index is 1.40. The van der Waals surface area contributed by atoms with Gasteiger partial charge in [-0.3, -0.25) is 24.0 Å². The Morgan fingerprint density at radius 3 is 2.33 bits per heavy atom. The maximum Gasteiger partial charge on any atom is 0.408 e. The second kappa shape index (κ2) is 14.3. The number of carbonyl (C=O) groups is 4. The largest absolute Gasteiger partial charge is 0.479 e. The van der Waals surface area contributed by atoms with Crippen LogP contribution in [0.15, 0.2) is 36.4 Å². The Bertz CT molecular complexity index is 1960. The molecule has 1 aromatic carbocycles. The maximum absolute atomic E-state index is 15.0. The molecule has 4 aliphatic rings. The van der Waals surface area contributed by atoms with Gasteiger partial charge in [-0.2, -0.15) is 0 Å². The summed E-state index contributed by atoms with van der Waals surface area (Å²) in [5.41, 5.74) is -2.54. The summed E-state index contributed by atoms with van der Waals surface area (Å²) in [6.07, 6.45) is 4.65. The average Bonchev–Trinajstić information content (AvgIpc) is 3.98. The first-order valence-electron chi connectivity index (χ1n) is 18.7. The van der Waals surface area contributed by atoms with E-state index in [0.29, 0.717) is 42.3 Å². The van der Waals surface area contributed by atoms with Crippen molar-refractivity contribution >= 4 is 44.6 Å². The number of carboxylic acid groups (broad SMARTS) is 1. The minimum atomic E-state index is -4.02. The number of aromatic nitrogens is 2. The molecular weight excluding hydrogens is 717 g/mol. The molecule has 0 radical (unpaired) electrons. The van der Waals surface area contributed by atoms with Crippen LogP contribution in [-0.2, 0) is 24.4 Å². The Morgan fingerprint density at radius 1 is 1.07 bits per heavy atom. The van der Waals surface area contributed by atoms with Crippen LogP contribution < -0.4 is 19.5 Å². The highest BCUT2D eigenvalue weighted by Crippen LogP contribution is 2.48. The topological polar surface area (TPSA) is 197 Å². The lowest BCUT2D eigenvalue weighted by atomic mass is 9.85. The van der Waals surface area contributed by atoms with Crippen molar-refractivity contribution in [2.45, 2.75) is 121 Å². The summed E-state index contributed by atoms with van der Waals surface area (Å²) in [5, 5.41) is 23.1. The summed E-state index contributed by atoms with van der Waals surface area (Å²) in [5.74, 6) is -2.41. The number of fused-ring (bicyclic) bond motifs is 3. The van der Waals surface area contributed by atoms with E-state index in [2.05, 4.69) is 27.2 Å². The van der Waals surface area contributed by atoms with Gasteiger partial charge in [0.15, 0.2) is 0 Å². The van der Waals surface area contributed by atoms with Crippen LogP contribution >= 0.6 is 0 Å². The zero-order valence-corrected chi connectivity index (χ0v) is 32.8. The van der Waals surface area contributed by atoms with Crippen LogP contribution in [0.2, 0.25) is 0 Å². The van der Waals surface area contributed by atoms with Gasteiger partial charge in [0.05, 0.1) is 29.2 Å². The molecule has 3 fully saturated rings. The third-order valence-electron chi connectivity index (χ3n) is 11.5. The first-order valence-corrected chi connectivity index (χ1v) is 20.1. The molecule has 7 atom stereocenters. The number of methoxy groups -OCH3 is 1. The summed E-state index contributed by atoms with van der Waals surface area (Å²) in [7, 11) is -2.54. The molecule has 2 saturated carbocycles. The molecule has 4 amide bonds. The fraction of sp³-hybridized carbons (Fsp3) is 0.632. The predicted octanol–water partition coefficient (Wildman–Crippen LogP) is 4.02. The minimum Gasteiger partial charge on any atom is -0.479 e. The van der Waals surface area contributed by atoms with Crippen LogP contribution in [-0.4, -0.2) is 105 Å². The second-order valence-electron chi connectivity index (χ2n) is 16.8. The summed E-state index contributed by atoms with van der Waals surface area (Å²) in [6.45, 7) is 10.6. The van der Waals surface area contributed by atoms with Crippen molar-refractivity contribution in [2.75, 3.05) is 13.7 Å². The van der Waals surface area contributed by atoms with Crippen molar-refractivity contribution in [3.63, 3.8) is 0 Å². The second-order valence-corrected chi connectivity index (χ2v) is 19.0. The van der Waals surface area contributed by atoms with E-state index in [1.165, 1.54) is 16.9 Å². The molecule has 15 nitrogen and oxygen atoms in total. The standard InChI is InChI=1S/C38H52N6O9S/c1-22-12-8-9-13-24-20-38(24,34(47)42-54(50,51)37(6)16-17-37)39-30(45)28-19-25(53-32-27-15-11-10-14-26(27)31(52-7)40-41-32)21-43(28)33(46)29(23(2)18-22)44(35(48)49)36(3,4)5/h9-11,13-15,22-25,28-29H,8,12,16-21H2,1-7H3,(H,39,45)(H,42,47)(H,48,49)/t22-,23-,24-,25-,28+,29+,38-/m1/s1. The van der Waals surface area contributed by atoms with E-state index in [1.54, 1.807) is 45.9 Å². The van der Waals surface area contributed by atoms with Crippen molar-refractivity contribution in [1.82, 2.24) is 30.0 Å². The first kappa shape index (κ1) is 39.2. The van der Waals surface area contributed by atoms with Crippen LogP contribution in [0.1, 0.15) is 86.5 Å². The minimum absolute atomic E-state index is 0.0196. The summed E-state index contributed by atoms with van der Waals surface area (Å²) >= 11 is 0. The number of ether oxygens (including phenoxy) is 2. The lowest BCUT2D eigenvalue weighted by molar-refractivity contribution is -0.146. The van der Waals surface area contributed by atoms with Crippen molar-refractivity contribution in [3.8, 4) is 11.8 Å². The normalized spacial score (nSPS) is 29.9. The maximum atomic E-state index is 15.0. The summed E-state index contributed by atoms with van der Waals surface area (Å²) < 4.78 is 39.4. The number of rotatable bonds is 7. The van der Waals surface area contributed by atoms with Gasteiger partial charge < -0.3 is 24.8 Å². The van der Waals surface area contributed by atoms with Gasteiger partial charge in [-0.15, -0.1) is 10.2 Å². The number of benzene rings is 1. The molecule has 3 heterocycles. The van der Waals surface area contributed by atoms with Crippen LogP contribution in [0.4, 0.5) is 4.79 Å². The Kier molecular flexibility index (Phi) is 10.4. The van der Waals surface area contributed by atoms with Crippen molar-refractivity contribution < 1.29 is 42.2 Å². The molecule has 1 aromatic heterocycles. The number of hydrogen-bond donors (Lipinski definition) is 3. The van der Waals surface area contributed by atoms with Gasteiger partial charge in [-0.25, -0.2) is 13.2 Å². The fourth-order valence-corrected chi connectivity index (χ4v) is 9.33. The zero-order chi connectivity index (χ0) is 39.4. The predicted molar refractivity (Wildman–Crippen MR) is 199 cm³/mol. The highest BCUT2D eigenvalue weighted by molar-refractivity contribution is 7.91. The van der Waals surface area contributed by atoms with Crippen LogP contribution in [0.5, 0.6) is 11.8 Å². The lowest BCUT2D eigenvalue weighted by Gasteiger charge is -2.43. The number of carbonyl (C=O) groups excluding carboxylic acids is 3. The Hall–Kier alpha value is -4.47. The highest BCUT2D eigenvalue weighted by atomic mass is 32.2. The Morgan fingerprint density at radius 2 is 1.72 bits per heavy atom. The molecule has 3 N–H and O–H groups in total. The molecule has 1 saturated heterocycles. The number of nitrogens with zero attached hydrogens (tertiary/aromatic N) is 4. The van der Waals surface area contributed by atoms with Crippen molar-refractivity contribution in [1.29, 1.82) is 0 Å². The van der Waals surface area contributed by atoms with Gasteiger partial charge in [0.2, 0.25) is 33.6 Å². The van der Waals surface area contributed by atoms with Crippen LogP contribution in [0, 0.1) is 17.8 Å². The molecule has 0 unspecified atom stereocenters. The highest BCUT2D eigenvalue weighted by Gasteiger charge is 2.63. The molecule has 294 valence electrons. The molecular formula is C38H52N6O9S. The van der Waals surface area contributed by atoms with Gasteiger partial charge in [0.25, 0.3) is 5.91 Å². The van der Waals surface area contributed by atoms with Crippen LogP contribution in [0.25, 0.3) is 10.8 Å². The van der Waals surface area contributed by atoms with E-state index in [1.807, 2.05) is 25.1 Å². The molecule has 2 aliphatic heterocycles. The van der Waals surface area contributed by atoms with E-state index in [9.17, 15) is 32.7 Å². The third kappa shape index (κ3) is 7.45. The van der Waals surface area contributed by atoms with Crippen molar-refractivity contribution in [3.05, 3.63) is 36.4 Å². The molecule has 2 aromatic rings. The number of amides is 4. The van der Waals surface area contributed by atoms with Gasteiger partial charge in [-0.05, 0) is 90.2 Å². The van der Waals surface area contributed by atoms with E-state index < -0.39 is 79.7 Å².